The van der Waals surface area contributed by atoms with E-state index in [1.165, 1.54) is 23.9 Å². The molecule has 0 aromatic heterocycles. The normalized spacial score (nSPS) is 13.2. The van der Waals surface area contributed by atoms with Crippen molar-refractivity contribution in [3.63, 3.8) is 0 Å². The molecule has 0 saturated heterocycles. The van der Waals surface area contributed by atoms with Crippen molar-refractivity contribution >= 4 is 27.8 Å². The molecule has 1 unspecified atom stereocenters. The summed E-state index contributed by atoms with van der Waals surface area (Å²) in [5.41, 5.74) is 0. The fourth-order valence-corrected chi connectivity index (χ4v) is 3.52. The van der Waals surface area contributed by atoms with Gasteiger partial charge in [-0.2, -0.15) is 0 Å². The minimum Gasteiger partial charge on any atom is -0.481 e. The van der Waals surface area contributed by atoms with Crippen molar-refractivity contribution < 1.29 is 18.3 Å². The van der Waals surface area contributed by atoms with E-state index in [0.717, 1.165) is 4.90 Å². The van der Waals surface area contributed by atoms with E-state index >= 15 is 0 Å². The van der Waals surface area contributed by atoms with E-state index in [4.69, 9.17) is 5.11 Å². The Hall–Kier alpha value is -1.05. The van der Waals surface area contributed by atoms with Crippen LogP contribution >= 0.6 is 11.8 Å². The molecule has 1 aromatic rings. The van der Waals surface area contributed by atoms with Gasteiger partial charge in [-0.1, -0.05) is 13.8 Å². The highest BCUT2D eigenvalue weighted by Crippen LogP contribution is 2.26. The molecule has 0 fully saturated rings. The molecule has 1 atom stereocenters. The van der Waals surface area contributed by atoms with Gasteiger partial charge in [0.25, 0.3) is 0 Å². The quantitative estimate of drug-likeness (QED) is 0.752. The summed E-state index contributed by atoms with van der Waals surface area (Å²) in [5, 5.41) is 8.61. The zero-order valence-electron chi connectivity index (χ0n) is 10.8. The first-order chi connectivity index (χ1) is 8.85. The Morgan fingerprint density at radius 1 is 1.37 bits per heavy atom. The minimum atomic E-state index is -3.43. The second kappa shape index (κ2) is 6.93. The topological polar surface area (TPSA) is 83.5 Å². The Balaban J connectivity index is 2.74. The predicted octanol–water partition coefficient (Wildman–Crippen LogP) is 1.94. The number of benzene rings is 1. The molecule has 0 aliphatic carbocycles. The molecule has 0 heterocycles. The van der Waals surface area contributed by atoms with E-state index in [9.17, 15) is 13.2 Å². The number of thioether (sulfide) groups is 1. The summed E-state index contributed by atoms with van der Waals surface area (Å²) in [7, 11) is -3.43. The molecule has 0 saturated carbocycles. The third kappa shape index (κ3) is 5.22. The van der Waals surface area contributed by atoms with Crippen molar-refractivity contribution in [3.8, 4) is 0 Å². The molecule has 0 amide bonds. The molecule has 1 aromatic carbocycles. The molecule has 5 nitrogen and oxygen atoms in total. The zero-order valence-corrected chi connectivity index (χ0v) is 12.4. The monoisotopic (exact) mass is 303 g/mol. The van der Waals surface area contributed by atoms with Crippen LogP contribution in [0.5, 0.6) is 0 Å². The largest absolute Gasteiger partial charge is 0.481 e. The van der Waals surface area contributed by atoms with Crippen LogP contribution in [0, 0.1) is 0 Å². The van der Waals surface area contributed by atoms with Gasteiger partial charge in [-0.25, -0.2) is 13.1 Å². The number of sulfonamides is 1. The van der Waals surface area contributed by atoms with Gasteiger partial charge in [0.2, 0.25) is 10.0 Å². The van der Waals surface area contributed by atoms with Gasteiger partial charge in [0.15, 0.2) is 0 Å². The highest BCUT2D eigenvalue weighted by atomic mass is 32.2. The molecule has 2 N–H and O–H groups in total. The first kappa shape index (κ1) is 16.0. The molecule has 0 aliphatic heterocycles. The molecular formula is C12H17NO4S2. The lowest BCUT2D eigenvalue weighted by Gasteiger charge is -2.09. The number of aliphatic carboxylic acids is 1. The van der Waals surface area contributed by atoms with Crippen LogP contribution in [0.1, 0.15) is 20.3 Å². The van der Waals surface area contributed by atoms with Gasteiger partial charge < -0.3 is 5.11 Å². The second-order valence-corrected chi connectivity index (χ2v) is 7.28. The number of carboxylic acids is 1. The van der Waals surface area contributed by atoms with Gasteiger partial charge in [-0.3, -0.25) is 4.79 Å². The summed E-state index contributed by atoms with van der Waals surface area (Å²) in [6, 6.07) is 6.42. The Bertz CT molecular complexity index is 525. The Kier molecular flexibility index (Phi) is 5.84. The summed E-state index contributed by atoms with van der Waals surface area (Å²) >= 11 is 1.41. The van der Waals surface area contributed by atoms with Gasteiger partial charge in [-0.15, -0.1) is 11.8 Å². The molecule has 1 rings (SSSR count). The van der Waals surface area contributed by atoms with Crippen molar-refractivity contribution in [2.24, 2.45) is 0 Å². The summed E-state index contributed by atoms with van der Waals surface area (Å²) in [6.07, 6.45) is 0.0715. The number of carboxylic acid groups (broad SMARTS) is 1. The fourth-order valence-electron chi connectivity index (χ4n) is 1.49. The standard InChI is InChI=1S/C12H17NO4S2/c1-3-13-19(16,17)11-6-4-10(5-7-11)18-9(2)8-12(14)15/h4-7,9,13H,3,8H2,1-2H3,(H,14,15). The van der Waals surface area contributed by atoms with Gasteiger partial charge >= 0.3 is 5.97 Å². The first-order valence-corrected chi connectivity index (χ1v) is 8.19. The molecule has 7 heteroatoms. The Morgan fingerprint density at radius 2 is 1.95 bits per heavy atom. The van der Waals surface area contributed by atoms with Crippen LogP contribution in [0.4, 0.5) is 0 Å². The number of hydrogen-bond acceptors (Lipinski definition) is 4. The maximum atomic E-state index is 11.7. The number of hydrogen-bond donors (Lipinski definition) is 2. The van der Waals surface area contributed by atoms with Crippen molar-refractivity contribution in [1.29, 1.82) is 0 Å². The molecule has 0 radical (unpaired) electrons. The Labute approximate surface area is 117 Å². The van der Waals surface area contributed by atoms with Gasteiger partial charge in [0, 0.05) is 16.7 Å². The highest BCUT2D eigenvalue weighted by molar-refractivity contribution is 8.00. The number of rotatable bonds is 7. The minimum absolute atomic E-state index is 0.0614. The number of carbonyl (C=O) groups is 1. The maximum absolute atomic E-state index is 11.7. The Morgan fingerprint density at radius 3 is 2.42 bits per heavy atom. The zero-order chi connectivity index (χ0) is 14.5. The van der Waals surface area contributed by atoms with Gasteiger partial charge in [-0.05, 0) is 24.3 Å². The molecule has 0 spiro atoms. The van der Waals surface area contributed by atoms with Crippen LogP contribution in [0.15, 0.2) is 34.1 Å². The van der Waals surface area contributed by atoms with Crippen LogP contribution in [0.3, 0.4) is 0 Å². The smallest absolute Gasteiger partial charge is 0.304 e. The lowest BCUT2D eigenvalue weighted by molar-refractivity contribution is -0.136. The molecule has 0 aliphatic rings. The van der Waals surface area contributed by atoms with Crippen LogP contribution in [-0.2, 0) is 14.8 Å². The number of nitrogens with one attached hydrogen (secondary N) is 1. The molecule has 106 valence electrons. The maximum Gasteiger partial charge on any atom is 0.304 e. The average Bonchev–Trinajstić information content (AvgIpc) is 2.28. The third-order valence-electron chi connectivity index (χ3n) is 2.27. The van der Waals surface area contributed by atoms with Crippen molar-refractivity contribution in [2.45, 2.75) is 35.3 Å². The molecule has 19 heavy (non-hydrogen) atoms. The third-order valence-corrected chi connectivity index (χ3v) is 4.94. The van der Waals surface area contributed by atoms with Crippen molar-refractivity contribution in [1.82, 2.24) is 4.72 Å². The van der Waals surface area contributed by atoms with Crippen LogP contribution in [0.2, 0.25) is 0 Å². The van der Waals surface area contributed by atoms with E-state index in [1.807, 2.05) is 6.92 Å². The fraction of sp³-hybridized carbons (Fsp3) is 0.417. The second-order valence-electron chi connectivity index (χ2n) is 4.00. The SMILES string of the molecule is CCNS(=O)(=O)c1ccc(SC(C)CC(=O)O)cc1. The van der Waals surface area contributed by atoms with Gasteiger partial charge in [0.1, 0.15) is 0 Å². The summed E-state index contributed by atoms with van der Waals surface area (Å²) in [5.74, 6) is -0.841. The van der Waals surface area contributed by atoms with Crippen LogP contribution < -0.4 is 4.72 Å². The van der Waals surface area contributed by atoms with Crippen LogP contribution in [0.25, 0.3) is 0 Å². The molecule has 0 bridgehead atoms. The van der Waals surface area contributed by atoms with Crippen molar-refractivity contribution in [3.05, 3.63) is 24.3 Å². The summed E-state index contributed by atoms with van der Waals surface area (Å²) < 4.78 is 25.8. The van der Waals surface area contributed by atoms with E-state index in [-0.39, 0.29) is 16.6 Å². The highest BCUT2D eigenvalue weighted by Gasteiger charge is 2.13. The summed E-state index contributed by atoms with van der Waals surface area (Å²) in [6.45, 7) is 3.88. The predicted molar refractivity (Wildman–Crippen MR) is 74.9 cm³/mol. The van der Waals surface area contributed by atoms with E-state index in [2.05, 4.69) is 4.72 Å². The lowest BCUT2D eigenvalue weighted by atomic mass is 10.3. The van der Waals surface area contributed by atoms with E-state index in [0.29, 0.717) is 6.54 Å². The van der Waals surface area contributed by atoms with Crippen molar-refractivity contribution in [2.75, 3.05) is 6.54 Å². The van der Waals surface area contributed by atoms with Gasteiger partial charge in [0.05, 0.1) is 11.3 Å². The van der Waals surface area contributed by atoms with E-state index < -0.39 is 16.0 Å². The average molecular weight is 303 g/mol. The van der Waals surface area contributed by atoms with Crippen LogP contribution in [-0.4, -0.2) is 31.3 Å². The summed E-state index contributed by atoms with van der Waals surface area (Å²) in [4.78, 5) is 11.6. The van der Waals surface area contributed by atoms with E-state index in [1.54, 1.807) is 19.1 Å². The lowest BCUT2D eigenvalue weighted by Crippen LogP contribution is -2.22. The molecular weight excluding hydrogens is 286 g/mol. The first-order valence-electron chi connectivity index (χ1n) is 5.83.